The third-order valence-electron chi connectivity index (χ3n) is 0.249. The van der Waals surface area contributed by atoms with E-state index in [9.17, 15) is 4.79 Å². The summed E-state index contributed by atoms with van der Waals surface area (Å²) in [5.74, 6) is -2.50. The van der Waals surface area contributed by atoms with E-state index in [0.717, 1.165) is 20.1 Å². The summed E-state index contributed by atoms with van der Waals surface area (Å²) in [7, 11) is 0. The van der Waals surface area contributed by atoms with Gasteiger partial charge in [0.25, 0.3) is 0 Å². The molecular formula is C8H12O6Pd. The average Bonchev–Trinajstić information content (AvgIpc) is 1.82. The number of hydrogen-bond acceptors (Lipinski definition) is 6. The number of carboxylic acids is 2. The second kappa shape index (κ2) is 18.6. The molecule has 0 aromatic heterocycles. The number of carbonyl (C=O) groups is 3. The molecule has 0 atom stereocenters. The number of aliphatic carboxylic acids is 2. The molecule has 0 bridgehead atoms. The molecule has 6 nitrogen and oxygen atoms in total. The average molecular weight is 311 g/mol. The van der Waals surface area contributed by atoms with Crippen molar-refractivity contribution >= 4 is 17.9 Å². The first-order chi connectivity index (χ1) is 6.23. The minimum Gasteiger partial charge on any atom is -0.550 e. The zero-order chi connectivity index (χ0) is 12.1. The number of esters is 1. The van der Waals surface area contributed by atoms with Gasteiger partial charge in [0.2, 0.25) is 0 Å². The van der Waals surface area contributed by atoms with Crippen LogP contribution in [0.5, 0.6) is 0 Å². The van der Waals surface area contributed by atoms with Crippen LogP contribution in [0.15, 0.2) is 12.8 Å². The molecule has 90 valence electrons. The van der Waals surface area contributed by atoms with Crippen LogP contribution in [0.25, 0.3) is 0 Å². The van der Waals surface area contributed by atoms with Gasteiger partial charge in [-0.2, -0.15) is 0 Å². The summed E-state index contributed by atoms with van der Waals surface area (Å²) < 4.78 is 4.17. The Kier molecular flexibility index (Phi) is 29.2. The summed E-state index contributed by atoms with van der Waals surface area (Å²) in [4.78, 5) is 27.5. The van der Waals surface area contributed by atoms with Gasteiger partial charge in [-0.1, -0.05) is 6.58 Å². The van der Waals surface area contributed by atoms with Gasteiger partial charge >= 0.3 is 26.4 Å². The van der Waals surface area contributed by atoms with Gasteiger partial charge in [-0.05, 0) is 13.8 Å². The van der Waals surface area contributed by atoms with Gasteiger partial charge in [-0.3, -0.25) is 4.79 Å². The van der Waals surface area contributed by atoms with Crippen molar-refractivity contribution in [3.8, 4) is 0 Å². The second-order valence-electron chi connectivity index (χ2n) is 1.76. The Morgan fingerprint density at radius 2 is 1.27 bits per heavy atom. The molecule has 0 heterocycles. The summed E-state index contributed by atoms with van der Waals surface area (Å²) in [6.07, 6.45) is 1.10. The number of ether oxygens (including phenoxy) is 1. The first-order valence-corrected chi connectivity index (χ1v) is 3.37. The Hall–Kier alpha value is -1.19. The fourth-order valence-electron chi connectivity index (χ4n) is 0.117. The number of carbonyl (C=O) groups excluding carboxylic acids is 3. The minimum absolute atomic E-state index is 0. The monoisotopic (exact) mass is 310 g/mol. The van der Waals surface area contributed by atoms with Crippen LogP contribution in [0, 0.1) is 0 Å². The van der Waals surface area contributed by atoms with Crippen molar-refractivity contribution in [2.75, 3.05) is 0 Å². The predicted octanol–water partition coefficient (Wildman–Crippen LogP) is -1.80. The van der Waals surface area contributed by atoms with Gasteiger partial charge in [-0.15, -0.1) is 0 Å². The summed E-state index contributed by atoms with van der Waals surface area (Å²) >= 11 is 0. The maximum atomic E-state index is 9.75. The molecule has 0 aromatic carbocycles. The molecule has 0 saturated carbocycles. The van der Waals surface area contributed by atoms with Crippen LogP contribution in [0.4, 0.5) is 0 Å². The van der Waals surface area contributed by atoms with E-state index < -0.39 is 11.9 Å². The molecule has 0 unspecified atom stereocenters. The van der Waals surface area contributed by atoms with Gasteiger partial charge < -0.3 is 24.5 Å². The van der Waals surface area contributed by atoms with Crippen molar-refractivity contribution in [1.82, 2.24) is 0 Å². The molecular weight excluding hydrogens is 299 g/mol. The third kappa shape index (κ3) is 456. The molecule has 0 aliphatic carbocycles. The van der Waals surface area contributed by atoms with E-state index in [2.05, 4.69) is 11.3 Å². The number of carboxylic acid groups (broad SMARTS) is 2. The summed E-state index contributed by atoms with van der Waals surface area (Å²) in [6, 6.07) is 0. The third-order valence-corrected chi connectivity index (χ3v) is 0.249. The molecule has 0 saturated heterocycles. The van der Waals surface area contributed by atoms with Crippen LogP contribution in [-0.2, 0) is 39.5 Å². The Morgan fingerprint density at radius 1 is 1.07 bits per heavy atom. The molecule has 0 rings (SSSR count). The molecule has 0 fully saturated rings. The molecule has 0 amide bonds. The predicted molar refractivity (Wildman–Crippen MR) is 43.3 cm³/mol. The van der Waals surface area contributed by atoms with E-state index in [4.69, 9.17) is 19.8 Å². The smallest absolute Gasteiger partial charge is 0.550 e. The van der Waals surface area contributed by atoms with Crippen molar-refractivity contribution in [2.24, 2.45) is 0 Å². The van der Waals surface area contributed by atoms with E-state index >= 15 is 0 Å². The molecule has 0 N–H and O–H groups in total. The van der Waals surface area contributed by atoms with Crippen molar-refractivity contribution in [3.63, 3.8) is 0 Å². The zero-order valence-electron chi connectivity index (χ0n) is 8.55. The first kappa shape index (κ1) is 23.5. The molecule has 15 heavy (non-hydrogen) atoms. The molecule has 0 spiro atoms. The molecule has 0 aliphatic rings. The van der Waals surface area contributed by atoms with E-state index in [1.165, 1.54) is 6.92 Å². The quantitative estimate of drug-likeness (QED) is 0.321. The van der Waals surface area contributed by atoms with Gasteiger partial charge in [0.15, 0.2) is 0 Å². The van der Waals surface area contributed by atoms with E-state index in [1.807, 2.05) is 0 Å². The molecule has 0 radical (unpaired) electrons. The van der Waals surface area contributed by atoms with Crippen LogP contribution < -0.4 is 10.2 Å². The van der Waals surface area contributed by atoms with Gasteiger partial charge in [0, 0.05) is 18.9 Å². The van der Waals surface area contributed by atoms with E-state index in [0.29, 0.717) is 0 Å². The Balaban J connectivity index is -0.0000000606. The maximum absolute atomic E-state index is 9.75. The first-order valence-electron chi connectivity index (χ1n) is 3.37. The largest absolute Gasteiger partial charge is 2.00 e. The van der Waals surface area contributed by atoms with Crippen LogP contribution in [0.3, 0.4) is 0 Å². The molecule has 0 aromatic rings. The van der Waals surface area contributed by atoms with Crippen molar-refractivity contribution < 1.29 is 49.8 Å². The zero-order valence-corrected chi connectivity index (χ0v) is 10.1. The minimum atomic E-state index is -1.08. The molecule has 0 aliphatic heterocycles. The molecule has 7 heteroatoms. The fraction of sp³-hybridized carbons (Fsp3) is 0.375. The van der Waals surface area contributed by atoms with Gasteiger partial charge in [0.05, 0.1) is 6.26 Å². The summed E-state index contributed by atoms with van der Waals surface area (Å²) in [5.41, 5.74) is 0. The van der Waals surface area contributed by atoms with Crippen LogP contribution in [0.1, 0.15) is 20.8 Å². The van der Waals surface area contributed by atoms with Crippen molar-refractivity contribution in [1.29, 1.82) is 0 Å². The van der Waals surface area contributed by atoms with Crippen LogP contribution in [-0.4, -0.2) is 17.9 Å². The van der Waals surface area contributed by atoms with E-state index in [1.54, 1.807) is 0 Å². The normalized spacial score (nSPS) is 6.07. The SMILES string of the molecule is C=COC(C)=O.CC(=O)[O-].CC(=O)[O-].[Pd+2]. The van der Waals surface area contributed by atoms with Crippen molar-refractivity contribution in [2.45, 2.75) is 20.8 Å². The maximum Gasteiger partial charge on any atom is 2.00 e. The summed E-state index contributed by atoms with van der Waals surface area (Å²) in [6.45, 7) is 6.42. The Bertz CT molecular complexity index is 181. The van der Waals surface area contributed by atoms with Crippen LogP contribution >= 0.6 is 0 Å². The topological polar surface area (TPSA) is 107 Å². The standard InChI is InChI=1S/C4H6O2.2C2H4O2.Pd/c1-3-6-4(2)5;2*1-2(3)4;/h3H,1H2,2H3;2*1H3,(H,3,4);/q;;;+2/p-2. The Labute approximate surface area is 102 Å². The Morgan fingerprint density at radius 3 is 1.27 bits per heavy atom. The fourth-order valence-corrected chi connectivity index (χ4v) is 0.117. The van der Waals surface area contributed by atoms with E-state index in [-0.39, 0.29) is 26.4 Å². The van der Waals surface area contributed by atoms with Crippen LogP contribution in [0.2, 0.25) is 0 Å². The number of rotatable bonds is 1. The number of hydrogen-bond donors (Lipinski definition) is 0. The summed E-state index contributed by atoms with van der Waals surface area (Å²) in [5, 5.41) is 17.8. The van der Waals surface area contributed by atoms with Gasteiger partial charge in [-0.25, -0.2) is 0 Å². The van der Waals surface area contributed by atoms with Gasteiger partial charge in [0.1, 0.15) is 0 Å². The second-order valence-corrected chi connectivity index (χ2v) is 1.76. The van der Waals surface area contributed by atoms with Crippen molar-refractivity contribution in [3.05, 3.63) is 12.8 Å².